The Labute approximate surface area is 95.6 Å². The Hall–Kier alpha value is -1.54. The van der Waals surface area contributed by atoms with Gasteiger partial charge in [-0.05, 0) is 24.6 Å². The molecule has 1 aromatic heterocycles. The summed E-state index contributed by atoms with van der Waals surface area (Å²) in [6, 6.07) is 12.1. The molecule has 0 saturated heterocycles. The first-order valence-corrected chi connectivity index (χ1v) is 4.54. The molecule has 2 N–H and O–H groups in total. The van der Waals surface area contributed by atoms with Crippen LogP contribution in [-0.4, -0.2) is 4.98 Å². The van der Waals surface area contributed by atoms with Crippen LogP contribution in [-0.2, 0) is 0 Å². The first-order chi connectivity index (χ1) is 6.75. The van der Waals surface area contributed by atoms with E-state index in [0.717, 1.165) is 5.56 Å². The second-order valence-corrected chi connectivity index (χ2v) is 3.34. The molecule has 1 aromatic carbocycles. The van der Waals surface area contributed by atoms with E-state index in [2.05, 4.69) is 30.1 Å². The van der Waals surface area contributed by atoms with Crippen molar-refractivity contribution >= 4 is 18.2 Å². The molecule has 0 fully saturated rings. The molecule has 0 spiro atoms. The van der Waals surface area contributed by atoms with Crippen LogP contribution in [0.1, 0.15) is 5.56 Å². The molecule has 2 aromatic rings. The lowest BCUT2D eigenvalue weighted by Gasteiger charge is -2.02. The van der Waals surface area contributed by atoms with Gasteiger partial charge in [0.05, 0.1) is 0 Å². The molecule has 0 unspecified atom stereocenters. The highest BCUT2D eigenvalue weighted by molar-refractivity contribution is 5.85. The summed E-state index contributed by atoms with van der Waals surface area (Å²) in [5.74, 6) is 0.557. The van der Waals surface area contributed by atoms with E-state index < -0.39 is 0 Å². The fourth-order valence-corrected chi connectivity index (χ4v) is 1.40. The number of halogens is 1. The highest BCUT2D eigenvalue weighted by Crippen LogP contribution is 2.19. The maximum absolute atomic E-state index is 5.52. The van der Waals surface area contributed by atoms with Gasteiger partial charge in [-0.1, -0.05) is 29.8 Å². The standard InChI is InChI=1S/C12H12N2.ClH/c1-9-3-2-4-10(7-9)11-5-6-12(13)14-8-11;/h2-8H,1H3,(H2,13,14);1H. The number of aromatic nitrogens is 1. The fraction of sp³-hybridized carbons (Fsp3) is 0.0833. The lowest BCUT2D eigenvalue weighted by Crippen LogP contribution is -1.88. The van der Waals surface area contributed by atoms with Crippen LogP contribution in [0.15, 0.2) is 42.6 Å². The molecule has 0 saturated carbocycles. The van der Waals surface area contributed by atoms with Crippen molar-refractivity contribution in [3.05, 3.63) is 48.2 Å². The zero-order chi connectivity index (χ0) is 9.97. The molecule has 0 aliphatic carbocycles. The molecule has 3 heteroatoms. The van der Waals surface area contributed by atoms with Crippen LogP contribution in [0.3, 0.4) is 0 Å². The molecule has 0 amide bonds. The number of hydrogen-bond acceptors (Lipinski definition) is 2. The van der Waals surface area contributed by atoms with E-state index >= 15 is 0 Å². The minimum atomic E-state index is 0. The number of anilines is 1. The zero-order valence-electron chi connectivity index (χ0n) is 8.47. The van der Waals surface area contributed by atoms with Gasteiger partial charge in [0.2, 0.25) is 0 Å². The van der Waals surface area contributed by atoms with Gasteiger partial charge in [0.1, 0.15) is 5.82 Å². The summed E-state index contributed by atoms with van der Waals surface area (Å²) in [7, 11) is 0. The first kappa shape index (κ1) is 11.5. The Bertz CT molecular complexity index is 438. The van der Waals surface area contributed by atoms with Crippen LogP contribution in [0, 0.1) is 6.92 Å². The van der Waals surface area contributed by atoms with Gasteiger partial charge in [-0.15, -0.1) is 12.4 Å². The Morgan fingerprint density at radius 3 is 2.47 bits per heavy atom. The SMILES string of the molecule is Cc1cccc(-c2ccc(N)nc2)c1.Cl. The third-order valence-corrected chi connectivity index (χ3v) is 2.14. The average Bonchev–Trinajstić information content (AvgIpc) is 2.19. The predicted octanol–water partition coefficient (Wildman–Crippen LogP) is 3.06. The third-order valence-electron chi connectivity index (χ3n) is 2.14. The Morgan fingerprint density at radius 2 is 1.87 bits per heavy atom. The summed E-state index contributed by atoms with van der Waals surface area (Å²) in [5, 5.41) is 0. The zero-order valence-corrected chi connectivity index (χ0v) is 9.29. The molecule has 0 radical (unpaired) electrons. The highest BCUT2D eigenvalue weighted by Gasteiger charge is 1.97. The molecule has 0 bridgehead atoms. The number of hydrogen-bond donors (Lipinski definition) is 1. The molecular weight excluding hydrogens is 208 g/mol. The lowest BCUT2D eigenvalue weighted by atomic mass is 10.1. The maximum atomic E-state index is 5.52. The van der Waals surface area contributed by atoms with Gasteiger partial charge in [0.25, 0.3) is 0 Å². The summed E-state index contributed by atoms with van der Waals surface area (Å²) < 4.78 is 0. The molecule has 1 heterocycles. The van der Waals surface area contributed by atoms with Gasteiger partial charge in [0, 0.05) is 11.8 Å². The van der Waals surface area contributed by atoms with Gasteiger partial charge < -0.3 is 5.73 Å². The molecule has 2 rings (SSSR count). The maximum Gasteiger partial charge on any atom is 0.123 e. The minimum Gasteiger partial charge on any atom is -0.384 e. The van der Waals surface area contributed by atoms with Crippen LogP contribution < -0.4 is 5.73 Å². The minimum absolute atomic E-state index is 0. The Balaban J connectivity index is 0.00000112. The van der Waals surface area contributed by atoms with Crippen molar-refractivity contribution in [3.8, 4) is 11.1 Å². The van der Waals surface area contributed by atoms with Crippen molar-refractivity contribution < 1.29 is 0 Å². The number of nitrogen functional groups attached to an aromatic ring is 1. The highest BCUT2D eigenvalue weighted by atomic mass is 35.5. The smallest absolute Gasteiger partial charge is 0.123 e. The van der Waals surface area contributed by atoms with Crippen LogP contribution in [0.25, 0.3) is 11.1 Å². The van der Waals surface area contributed by atoms with E-state index in [-0.39, 0.29) is 12.4 Å². The van der Waals surface area contributed by atoms with Crippen LogP contribution >= 0.6 is 12.4 Å². The Kier molecular flexibility index (Phi) is 3.69. The number of rotatable bonds is 1. The second-order valence-electron chi connectivity index (χ2n) is 3.34. The van der Waals surface area contributed by atoms with Gasteiger partial charge in [-0.2, -0.15) is 0 Å². The normalized spacial score (nSPS) is 9.40. The van der Waals surface area contributed by atoms with Gasteiger partial charge >= 0.3 is 0 Å². The predicted molar refractivity (Wildman–Crippen MR) is 66.1 cm³/mol. The van der Waals surface area contributed by atoms with Gasteiger partial charge in [-0.3, -0.25) is 0 Å². The second kappa shape index (κ2) is 4.80. The van der Waals surface area contributed by atoms with Crippen molar-refractivity contribution in [1.82, 2.24) is 4.98 Å². The number of aryl methyl sites for hydroxylation is 1. The molecule has 15 heavy (non-hydrogen) atoms. The van der Waals surface area contributed by atoms with E-state index in [9.17, 15) is 0 Å². The van der Waals surface area contributed by atoms with Crippen LogP contribution in [0.4, 0.5) is 5.82 Å². The largest absolute Gasteiger partial charge is 0.384 e. The van der Waals surface area contributed by atoms with Crippen LogP contribution in [0.5, 0.6) is 0 Å². The van der Waals surface area contributed by atoms with Crippen molar-refractivity contribution in [2.24, 2.45) is 0 Å². The first-order valence-electron chi connectivity index (χ1n) is 4.54. The summed E-state index contributed by atoms with van der Waals surface area (Å²) in [6.45, 7) is 2.08. The monoisotopic (exact) mass is 220 g/mol. The fourth-order valence-electron chi connectivity index (χ4n) is 1.40. The summed E-state index contributed by atoms with van der Waals surface area (Å²) >= 11 is 0. The number of nitrogens with two attached hydrogens (primary N) is 1. The summed E-state index contributed by atoms with van der Waals surface area (Å²) in [6.07, 6.45) is 1.80. The Morgan fingerprint density at radius 1 is 1.07 bits per heavy atom. The average molecular weight is 221 g/mol. The van der Waals surface area contributed by atoms with E-state index in [4.69, 9.17) is 5.73 Å². The molecule has 0 aliphatic heterocycles. The van der Waals surface area contributed by atoms with Crippen molar-refractivity contribution in [2.45, 2.75) is 6.92 Å². The van der Waals surface area contributed by atoms with E-state index in [1.807, 2.05) is 18.2 Å². The molecule has 78 valence electrons. The van der Waals surface area contributed by atoms with Gasteiger partial charge in [-0.25, -0.2) is 4.98 Å². The number of pyridine rings is 1. The van der Waals surface area contributed by atoms with Crippen LogP contribution in [0.2, 0.25) is 0 Å². The van der Waals surface area contributed by atoms with Gasteiger partial charge in [0.15, 0.2) is 0 Å². The number of nitrogens with zero attached hydrogens (tertiary/aromatic N) is 1. The molecular formula is C12H13ClN2. The van der Waals surface area contributed by atoms with Crippen molar-refractivity contribution in [1.29, 1.82) is 0 Å². The quantitative estimate of drug-likeness (QED) is 0.802. The van der Waals surface area contributed by atoms with E-state index in [1.54, 1.807) is 6.20 Å². The molecule has 0 atom stereocenters. The topological polar surface area (TPSA) is 38.9 Å². The van der Waals surface area contributed by atoms with Crippen molar-refractivity contribution in [2.75, 3.05) is 5.73 Å². The third kappa shape index (κ3) is 2.70. The molecule has 2 nitrogen and oxygen atoms in total. The molecule has 0 aliphatic rings. The lowest BCUT2D eigenvalue weighted by molar-refractivity contribution is 1.33. The van der Waals surface area contributed by atoms with E-state index in [1.165, 1.54) is 11.1 Å². The summed E-state index contributed by atoms with van der Waals surface area (Å²) in [5.41, 5.74) is 9.05. The summed E-state index contributed by atoms with van der Waals surface area (Å²) in [4.78, 5) is 4.06. The number of benzene rings is 1. The van der Waals surface area contributed by atoms with E-state index in [0.29, 0.717) is 5.82 Å². The van der Waals surface area contributed by atoms with Crippen molar-refractivity contribution in [3.63, 3.8) is 0 Å².